The molecule has 2 unspecified atom stereocenters. The third-order valence-electron chi connectivity index (χ3n) is 4.91. The number of rotatable bonds is 4. The summed E-state index contributed by atoms with van der Waals surface area (Å²) in [6.07, 6.45) is 8.05. The molecule has 110 valence electrons. The Morgan fingerprint density at radius 2 is 1.80 bits per heavy atom. The fourth-order valence-corrected chi connectivity index (χ4v) is 3.72. The average Bonchev–Trinajstić information content (AvgIpc) is 3.23. The number of benzene rings is 1. The second kappa shape index (κ2) is 5.40. The maximum atomic E-state index is 6.75. The van der Waals surface area contributed by atoms with Crippen LogP contribution in [0.15, 0.2) is 24.3 Å². The number of hydrogen-bond donors (Lipinski definition) is 1. The molecule has 2 atom stereocenters. The van der Waals surface area contributed by atoms with Gasteiger partial charge in [-0.25, -0.2) is 0 Å². The fourth-order valence-electron chi connectivity index (χ4n) is 3.72. The molecule has 0 heterocycles. The van der Waals surface area contributed by atoms with Gasteiger partial charge in [-0.1, -0.05) is 25.0 Å². The van der Waals surface area contributed by atoms with Gasteiger partial charge in [-0.05, 0) is 69.1 Å². The van der Waals surface area contributed by atoms with Gasteiger partial charge in [0.2, 0.25) is 0 Å². The van der Waals surface area contributed by atoms with Gasteiger partial charge >= 0.3 is 0 Å². The molecule has 2 saturated carbocycles. The van der Waals surface area contributed by atoms with Gasteiger partial charge in [0.15, 0.2) is 0 Å². The minimum absolute atomic E-state index is 0.109. The van der Waals surface area contributed by atoms with Crippen molar-refractivity contribution in [2.75, 3.05) is 0 Å². The Bertz CT molecular complexity index is 449. The van der Waals surface area contributed by atoms with E-state index in [1.807, 2.05) is 0 Å². The number of nitrogens with two attached hydrogens (primary N) is 1. The second-order valence-electron chi connectivity index (χ2n) is 7.04. The molecule has 0 aliphatic heterocycles. The van der Waals surface area contributed by atoms with E-state index in [2.05, 4.69) is 38.1 Å². The molecule has 1 aromatic rings. The Hall–Kier alpha value is -1.02. The van der Waals surface area contributed by atoms with Crippen LogP contribution in [0, 0.1) is 11.8 Å². The summed E-state index contributed by atoms with van der Waals surface area (Å²) in [5.74, 6) is 2.78. The van der Waals surface area contributed by atoms with Gasteiger partial charge < -0.3 is 10.5 Å². The minimum atomic E-state index is -0.109. The maximum Gasteiger partial charge on any atom is 0.119 e. The van der Waals surface area contributed by atoms with Crippen LogP contribution in [0.4, 0.5) is 0 Å². The van der Waals surface area contributed by atoms with Crippen LogP contribution in [0.2, 0.25) is 0 Å². The first kappa shape index (κ1) is 13.9. The van der Waals surface area contributed by atoms with E-state index in [0.29, 0.717) is 0 Å². The lowest BCUT2D eigenvalue weighted by Crippen LogP contribution is -2.41. The van der Waals surface area contributed by atoms with Crippen LogP contribution in [-0.2, 0) is 5.54 Å². The molecule has 1 aromatic carbocycles. The zero-order valence-corrected chi connectivity index (χ0v) is 12.8. The summed E-state index contributed by atoms with van der Waals surface area (Å²) in [5, 5.41) is 0. The highest BCUT2D eigenvalue weighted by Gasteiger charge is 2.40. The zero-order chi connectivity index (χ0) is 14.2. The molecule has 2 fully saturated rings. The molecule has 0 aromatic heterocycles. The van der Waals surface area contributed by atoms with Crippen molar-refractivity contribution in [2.45, 2.75) is 64.0 Å². The molecule has 0 saturated heterocycles. The SMILES string of the molecule is CC(C)Oc1ccc(C2(N)CCCC(C3CC3)C2)cc1. The lowest BCUT2D eigenvalue weighted by Gasteiger charge is -2.39. The number of ether oxygens (including phenoxy) is 1. The fraction of sp³-hybridized carbons (Fsp3) is 0.667. The van der Waals surface area contributed by atoms with E-state index in [1.54, 1.807) is 0 Å². The predicted octanol–water partition coefficient (Wildman–Crippen LogP) is 4.23. The lowest BCUT2D eigenvalue weighted by molar-refractivity contribution is 0.206. The minimum Gasteiger partial charge on any atom is -0.491 e. The van der Waals surface area contributed by atoms with Gasteiger partial charge in [-0.3, -0.25) is 0 Å². The highest BCUT2D eigenvalue weighted by Crippen LogP contribution is 2.48. The van der Waals surface area contributed by atoms with E-state index >= 15 is 0 Å². The summed E-state index contributed by atoms with van der Waals surface area (Å²) in [7, 11) is 0. The topological polar surface area (TPSA) is 35.2 Å². The zero-order valence-electron chi connectivity index (χ0n) is 12.8. The van der Waals surface area contributed by atoms with Crippen LogP contribution < -0.4 is 10.5 Å². The van der Waals surface area contributed by atoms with Crippen LogP contribution in [0.3, 0.4) is 0 Å². The van der Waals surface area contributed by atoms with Crippen LogP contribution in [0.5, 0.6) is 5.75 Å². The Morgan fingerprint density at radius 3 is 2.40 bits per heavy atom. The molecule has 20 heavy (non-hydrogen) atoms. The molecule has 0 bridgehead atoms. The van der Waals surface area contributed by atoms with E-state index in [0.717, 1.165) is 24.0 Å². The smallest absolute Gasteiger partial charge is 0.119 e. The Labute approximate surface area is 122 Å². The first-order valence-electron chi connectivity index (χ1n) is 8.13. The molecule has 2 N–H and O–H groups in total. The molecule has 0 amide bonds. The third-order valence-corrected chi connectivity index (χ3v) is 4.91. The molecule has 2 aliphatic rings. The Kier molecular flexibility index (Phi) is 3.76. The first-order valence-corrected chi connectivity index (χ1v) is 8.13. The molecule has 2 heteroatoms. The van der Waals surface area contributed by atoms with Crippen molar-refractivity contribution in [1.29, 1.82) is 0 Å². The van der Waals surface area contributed by atoms with Gasteiger partial charge in [-0.15, -0.1) is 0 Å². The second-order valence-corrected chi connectivity index (χ2v) is 7.04. The summed E-state index contributed by atoms with van der Waals surface area (Å²) >= 11 is 0. The van der Waals surface area contributed by atoms with Crippen molar-refractivity contribution in [2.24, 2.45) is 17.6 Å². The normalized spacial score (nSPS) is 30.5. The summed E-state index contributed by atoms with van der Waals surface area (Å²) in [6, 6.07) is 8.50. The summed E-state index contributed by atoms with van der Waals surface area (Å²) in [4.78, 5) is 0. The third kappa shape index (κ3) is 3.01. The standard InChI is InChI=1S/C18H27NO/c1-13(2)20-17-9-7-16(8-10-17)18(19)11-3-4-15(12-18)14-5-6-14/h7-10,13-15H,3-6,11-12,19H2,1-2H3. The van der Waals surface area contributed by atoms with Crippen LogP contribution in [-0.4, -0.2) is 6.10 Å². The van der Waals surface area contributed by atoms with Crippen LogP contribution >= 0.6 is 0 Å². The molecule has 2 aliphatic carbocycles. The highest BCUT2D eigenvalue weighted by molar-refractivity contribution is 5.32. The van der Waals surface area contributed by atoms with E-state index in [1.165, 1.54) is 37.7 Å². The quantitative estimate of drug-likeness (QED) is 0.891. The molecular formula is C18H27NO. The largest absolute Gasteiger partial charge is 0.491 e. The molecule has 0 spiro atoms. The Balaban J connectivity index is 1.72. The van der Waals surface area contributed by atoms with Gasteiger partial charge in [0, 0.05) is 5.54 Å². The lowest BCUT2D eigenvalue weighted by atomic mass is 9.71. The van der Waals surface area contributed by atoms with Crippen LogP contribution in [0.25, 0.3) is 0 Å². The molecule has 3 rings (SSSR count). The van der Waals surface area contributed by atoms with Crippen molar-refractivity contribution in [3.8, 4) is 5.75 Å². The molecular weight excluding hydrogens is 246 g/mol. The van der Waals surface area contributed by atoms with Gasteiger partial charge in [-0.2, -0.15) is 0 Å². The first-order chi connectivity index (χ1) is 9.57. The van der Waals surface area contributed by atoms with Crippen molar-refractivity contribution < 1.29 is 4.74 Å². The maximum absolute atomic E-state index is 6.75. The Morgan fingerprint density at radius 1 is 1.10 bits per heavy atom. The van der Waals surface area contributed by atoms with Crippen molar-refractivity contribution in [3.63, 3.8) is 0 Å². The highest BCUT2D eigenvalue weighted by atomic mass is 16.5. The monoisotopic (exact) mass is 273 g/mol. The van der Waals surface area contributed by atoms with Gasteiger partial charge in [0.1, 0.15) is 5.75 Å². The van der Waals surface area contributed by atoms with Crippen LogP contribution in [0.1, 0.15) is 57.9 Å². The van der Waals surface area contributed by atoms with Crippen molar-refractivity contribution in [3.05, 3.63) is 29.8 Å². The molecule has 0 radical (unpaired) electrons. The van der Waals surface area contributed by atoms with Gasteiger partial charge in [0.25, 0.3) is 0 Å². The summed E-state index contributed by atoms with van der Waals surface area (Å²) in [6.45, 7) is 4.11. The summed E-state index contributed by atoms with van der Waals surface area (Å²) < 4.78 is 5.72. The summed E-state index contributed by atoms with van der Waals surface area (Å²) in [5.41, 5.74) is 7.93. The van der Waals surface area contributed by atoms with E-state index in [9.17, 15) is 0 Å². The predicted molar refractivity (Wildman–Crippen MR) is 82.8 cm³/mol. The van der Waals surface area contributed by atoms with E-state index in [-0.39, 0.29) is 11.6 Å². The molecule has 2 nitrogen and oxygen atoms in total. The number of hydrogen-bond acceptors (Lipinski definition) is 2. The van der Waals surface area contributed by atoms with E-state index in [4.69, 9.17) is 10.5 Å². The van der Waals surface area contributed by atoms with Gasteiger partial charge in [0.05, 0.1) is 6.10 Å². The van der Waals surface area contributed by atoms with Crippen molar-refractivity contribution in [1.82, 2.24) is 0 Å². The average molecular weight is 273 g/mol. The van der Waals surface area contributed by atoms with E-state index < -0.39 is 0 Å². The van der Waals surface area contributed by atoms with Crippen molar-refractivity contribution >= 4 is 0 Å².